The number of rotatable bonds is 71. The fraction of sp³-hybridized carbons (Fsp3) is 0.789. The number of esters is 4. The molecule has 0 aromatic carbocycles. The predicted octanol–water partition coefficient (Wildman–Crippen LogP) is 21.3. The van der Waals surface area contributed by atoms with Gasteiger partial charge in [-0.15, -0.1) is 0 Å². The Balaban J connectivity index is 5.35. The molecule has 0 saturated carbocycles. The number of hydrogen-bond donors (Lipinski definition) is 3. The Kier molecular flexibility index (Phi) is 66.5. The van der Waals surface area contributed by atoms with Crippen LogP contribution in [0.2, 0.25) is 0 Å². The van der Waals surface area contributed by atoms with E-state index >= 15 is 0 Å². The number of phosphoric acid groups is 2. The molecule has 0 fully saturated rings. The molecule has 17 nitrogen and oxygen atoms in total. The van der Waals surface area contributed by atoms with E-state index < -0.39 is 97.5 Å². The third-order valence-electron chi connectivity index (χ3n) is 16.0. The highest BCUT2D eigenvalue weighted by Gasteiger charge is 2.30. The van der Waals surface area contributed by atoms with Gasteiger partial charge in [0, 0.05) is 25.7 Å². The zero-order valence-corrected chi connectivity index (χ0v) is 61.9. The van der Waals surface area contributed by atoms with Crippen molar-refractivity contribution in [3.8, 4) is 0 Å². The first kappa shape index (κ1) is 91.5. The molecule has 0 aliphatic heterocycles. The summed E-state index contributed by atoms with van der Waals surface area (Å²) in [5.74, 6) is -2.21. The van der Waals surface area contributed by atoms with Gasteiger partial charge in [0.15, 0.2) is 12.2 Å². The highest BCUT2D eigenvalue weighted by Crippen LogP contribution is 2.45. The molecule has 0 amide bonds. The Labute approximate surface area is 577 Å². The van der Waals surface area contributed by atoms with Gasteiger partial charge in [0.2, 0.25) is 0 Å². The van der Waals surface area contributed by atoms with Crippen LogP contribution in [0.15, 0.2) is 72.9 Å². The SMILES string of the molecule is CCCCCC/C=C\C=C/CCCCCCCC(=O)OC[C@H](COP(=O)(O)OC[C@@H](O)COP(=O)(O)OC[C@@H](COC(=O)CCCCCCCCCCCC)OC(=O)CCCCCCC/C=C\C=C/CCCCCC)OC(=O)CCCCCCC/C=C\C=C/CCCCCC. The maximum absolute atomic E-state index is 13.1. The molecule has 2 unspecified atom stereocenters. The van der Waals surface area contributed by atoms with Gasteiger partial charge in [-0.2, -0.15) is 0 Å². The smallest absolute Gasteiger partial charge is 0.462 e. The minimum atomic E-state index is -4.98. The maximum atomic E-state index is 13.1. The van der Waals surface area contributed by atoms with Crippen molar-refractivity contribution in [3.05, 3.63) is 72.9 Å². The molecule has 0 rings (SSSR count). The first-order valence-corrected chi connectivity index (χ1v) is 40.7. The lowest BCUT2D eigenvalue weighted by Crippen LogP contribution is -2.30. The maximum Gasteiger partial charge on any atom is 0.472 e. The highest BCUT2D eigenvalue weighted by molar-refractivity contribution is 7.47. The van der Waals surface area contributed by atoms with E-state index in [0.29, 0.717) is 25.7 Å². The molecule has 552 valence electrons. The van der Waals surface area contributed by atoms with Gasteiger partial charge in [-0.25, -0.2) is 9.13 Å². The zero-order valence-electron chi connectivity index (χ0n) is 60.1. The summed E-state index contributed by atoms with van der Waals surface area (Å²) in [6.45, 7) is 4.77. The second-order valence-electron chi connectivity index (χ2n) is 25.3. The van der Waals surface area contributed by atoms with Crippen LogP contribution in [0.1, 0.15) is 329 Å². The number of hydrogen-bond acceptors (Lipinski definition) is 15. The van der Waals surface area contributed by atoms with Gasteiger partial charge in [-0.1, -0.05) is 274 Å². The number of carbonyl (C=O) groups is 4. The van der Waals surface area contributed by atoms with Crippen LogP contribution in [0.4, 0.5) is 0 Å². The molecule has 0 aromatic rings. The molecule has 0 heterocycles. The first-order valence-electron chi connectivity index (χ1n) is 37.7. The van der Waals surface area contributed by atoms with Crippen LogP contribution in [-0.2, 0) is 65.4 Å². The molecule has 95 heavy (non-hydrogen) atoms. The predicted molar refractivity (Wildman–Crippen MR) is 386 cm³/mol. The van der Waals surface area contributed by atoms with Gasteiger partial charge in [-0.05, 0) is 103 Å². The van der Waals surface area contributed by atoms with Crippen molar-refractivity contribution >= 4 is 39.5 Å². The Morgan fingerprint density at radius 1 is 0.295 bits per heavy atom. The number of allylic oxidation sites excluding steroid dienone is 12. The standard InChI is InChI=1S/C76H136O17P2/c1-5-9-13-17-21-25-29-32-35-38-41-45-49-53-57-61-74(79)87-67-72(93-76(81)63-59-55-51-47-43-40-37-34-31-27-23-19-15-11-7-3)69-91-95(84,85)89-65-70(77)64-88-94(82,83)90-68-71(66-86-73(78)60-56-52-48-44-28-24-20-16-12-8-4)92-75(80)62-58-54-50-46-42-39-36-33-30-26-22-18-14-10-6-2/h25-27,29-37,70-72,77H,5-24,28,38-69H2,1-4H3,(H,82,83)(H,84,85)/b29-25-,30-26-,31-27-,35-32-,36-33-,37-34-/t70-,71+,72+/m0/s1. The minimum absolute atomic E-state index is 0.0760. The Hall–Kier alpha value is -3.50. The quantitative estimate of drug-likeness (QED) is 0.0169. The second kappa shape index (κ2) is 69.0. The van der Waals surface area contributed by atoms with Crippen molar-refractivity contribution in [3.63, 3.8) is 0 Å². The fourth-order valence-corrected chi connectivity index (χ4v) is 11.7. The molecule has 0 radical (unpaired) electrons. The minimum Gasteiger partial charge on any atom is -0.462 e. The third-order valence-corrected chi connectivity index (χ3v) is 17.9. The van der Waals surface area contributed by atoms with Crippen LogP contribution >= 0.6 is 15.6 Å². The number of unbranched alkanes of at least 4 members (excludes halogenated alkanes) is 36. The zero-order chi connectivity index (χ0) is 69.7. The van der Waals surface area contributed by atoms with Crippen molar-refractivity contribution in [1.82, 2.24) is 0 Å². The molecule has 0 saturated heterocycles. The van der Waals surface area contributed by atoms with Crippen LogP contribution in [0.5, 0.6) is 0 Å². The molecule has 0 aromatic heterocycles. The molecule has 0 bridgehead atoms. The van der Waals surface area contributed by atoms with Gasteiger partial charge in [0.05, 0.1) is 26.4 Å². The highest BCUT2D eigenvalue weighted by atomic mass is 31.2. The Bertz CT molecular complexity index is 2090. The van der Waals surface area contributed by atoms with Crippen LogP contribution in [0, 0.1) is 0 Å². The van der Waals surface area contributed by atoms with E-state index in [1.54, 1.807) is 0 Å². The number of carbonyl (C=O) groups excluding carboxylic acids is 4. The number of ether oxygens (including phenoxy) is 4. The van der Waals surface area contributed by atoms with E-state index in [4.69, 9.17) is 37.0 Å². The van der Waals surface area contributed by atoms with Crippen molar-refractivity contribution in [1.29, 1.82) is 0 Å². The monoisotopic (exact) mass is 1380 g/mol. The van der Waals surface area contributed by atoms with Crippen molar-refractivity contribution < 1.29 is 80.2 Å². The lowest BCUT2D eigenvalue weighted by Gasteiger charge is -2.21. The number of phosphoric ester groups is 2. The summed E-state index contributed by atoms with van der Waals surface area (Å²) in [6.07, 6.45) is 67.5. The summed E-state index contributed by atoms with van der Waals surface area (Å²) >= 11 is 0. The summed E-state index contributed by atoms with van der Waals surface area (Å²) < 4.78 is 68.3. The van der Waals surface area contributed by atoms with Gasteiger partial charge in [0.25, 0.3) is 0 Å². The average Bonchev–Trinajstić information content (AvgIpc) is 3.29. The first-order chi connectivity index (χ1) is 46.2. The lowest BCUT2D eigenvalue weighted by atomic mass is 10.1. The summed E-state index contributed by atoms with van der Waals surface area (Å²) in [5.41, 5.74) is 0. The Morgan fingerprint density at radius 3 is 0.768 bits per heavy atom. The van der Waals surface area contributed by atoms with Crippen LogP contribution in [0.25, 0.3) is 0 Å². The normalized spacial score (nSPS) is 14.4. The van der Waals surface area contributed by atoms with E-state index in [0.717, 1.165) is 135 Å². The molecule has 0 spiro atoms. The molecule has 3 N–H and O–H groups in total. The van der Waals surface area contributed by atoms with Crippen LogP contribution in [-0.4, -0.2) is 96.7 Å². The van der Waals surface area contributed by atoms with Crippen LogP contribution in [0.3, 0.4) is 0 Å². The second-order valence-corrected chi connectivity index (χ2v) is 28.2. The van der Waals surface area contributed by atoms with Gasteiger partial charge < -0.3 is 33.8 Å². The summed E-state index contributed by atoms with van der Waals surface area (Å²) in [6, 6.07) is 0. The van der Waals surface area contributed by atoms with E-state index in [1.165, 1.54) is 116 Å². The van der Waals surface area contributed by atoms with E-state index in [-0.39, 0.29) is 25.7 Å². The van der Waals surface area contributed by atoms with Crippen LogP contribution < -0.4 is 0 Å². The third kappa shape index (κ3) is 68.8. The molecular formula is C76H136O17P2. The Morgan fingerprint density at radius 2 is 0.505 bits per heavy atom. The van der Waals surface area contributed by atoms with Crippen molar-refractivity contribution in [2.24, 2.45) is 0 Å². The lowest BCUT2D eigenvalue weighted by molar-refractivity contribution is -0.161. The average molecular weight is 1380 g/mol. The summed E-state index contributed by atoms with van der Waals surface area (Å²) in [5, 5.41) is 10.6. The summed E-state index contributed by atoms with van der Waals surface area (Å²) in [4.78, 5) is 72.7. The topological polar surface area (TPSA) is 237 Å². The molecule has 0 aliphatic rings. The number of aliphatic hydroxyl groups excluding tert-OH is 1. The molecule has 0 aliphatic carbocycles. The van der Waals surface area contributed by atoms with E-state index in [9.17, 15) is 43.2 Å². The number of aliphatic hydroxyl groups is 1. The molecule has 19 heteroatoms. The van der Waals surface area contributed by atoms with E-state index in [2.05, 4.69) is 101 Å². The van der Waals surface area contributed by atoms with Gasteiger partial charge in [-0.3, -0.25) is 37.3 Å². The largest absolute Gasteiger partial charge is 0.472 e. The van der Waals surface area contributed by atoms with E-state index in [1.807, 2.05) is 0 Å². The fourth-order valence-electron chi connectivity index (χ4n) is 10.1. The van der Waals surface area contributed by atoms with Gasteiger partial charge >= 0.3 is 39.5 Å². The van der Waals surface area contributed by atoms with Gasteiger partial charge in [0.1, 0.15) is 19.3 Å². The van der Waals surface area contributed by atoms with Crippen molar-refractivity contribution in [2.75, 3.05) is 39.6 Å². The molecular weight excluding hydrogens is 1250 g/mol. The van der Waals surface area contributed by atoms with Crippen molar-refractivity contribution in [2.45, 2.75) is 348 Å². The molecule has 5 atom stereocenters. The summed E-state index contributed by atoms with van der Waals surface area (Å²) in [7, 11) is -9.94.